The molecule has 2 aromatic rings. The Morgan fingerprint density at radius 1 is 1.07 bits per heavy atom. The molecule has 1 nitrogen and oxygen atoms in total. The first-order valence-corrected chi connectivity index (χ1v) is 6.92. The molecule has 0 atom stereocenters. The molecule has 0 spiro atoms. The highest BCUT2D eigenvalue weighted by Gasteiger charge is 2.22. The van der Waals surface area contributed by atoms with Gasteiger partial charge >= 0.3 is 0 Å². The molecule has 0 saturated carbocycles. The normalized spacial score (nSPS) is 14.7. The third-order valence-electron chi connectivity index (χ3n) is 2.20. The number of thioether (sulfide) groups is 1. The molecule has 0 aliphatic carbocycles. The van der Waals surface area contributed by atoms with E-state index < -0.39 is 0 Å². The third kappa shape index (κ3) is 1.18. The van der Waals surface area contributed by atoms with Crippen LogP contribution in [-0.2, 0) is 5.75 Å². The van der Waals surface area contributed by atoms with Gasteiger partial charge in [-0.2, -0.15) is 0 Å². The molecule has 1 aliphatic rings. The standard InChI is InChI=1S/C10H6OS3/c11-9-6-1-3-12-8(6)5-14-10-7(9)2-4-13-10/h1-4H,5H2. The number of fused-ring (bicyclic) bond motifs is 2. The van der Waals surface area contributed by atoms with Crippen molar-refractivity contribution in [1.82, 2.24) is 0 Å². The Kier molecular flexibility index (Phi) is 2.00. The van der Waals surface area contributed by atoms with Crippen molar-refractivity contribution in [3.63, 3.8) is 0 Å². The molecule has 0 aromatic carbocycles. The average molecular weight is 238 g/mol. The molecule has 14 heavy (non-hydrogen) atoms. The predicted octanol–water partition coefficient (Wildman–Crippen LogP) is 3.65. The van der Waals surface area contributed by atoms with Crippen molar-refractivity contribution in [2.24, 2.45) is 0 Å². The first-order valence-electron chi connectivity index (χ1n) is 4.17. The van der Waals surface area contributed by atoms with Gasteiger partial charge in [0.15, 0.2) is 5.78 Å². The Balaban J connectivity index is 2.22. The molecule has 0 bridgehead atoms. The van der Waals surface area contributed by atoms with Crippen molar-refractivity contribution in [1.29, 1.82) is 0 Å². The second-order valence-electron chi connectivity index (χ2n) is 3.00. The van der Waals surface area contributed by atoms with Gasteiger partial charge in [-0.1, -0.05) is 0 Å². The highest BCUT2D eigenvalue weighted by Crippen LogP contribution is 2.38. The molecule has 0 unspecified atom stereocenters. The summed E-state index contributed by atoms with van der Waals surface area (Å²) in [7, 11) is 0. The minimum absolute atomic E-state index is 0.197. The number of carbonyl (C=O) groups is 1. The van der Waals surface area contributed by atoms with Crippen molar-refractivity contribution in [3.05, 3.63) is 38.9 Å². The molecule has 0 radical (unpaired) electrons. The summed E-state index contributed by atoms with van der Waals surface area (Å²) in [5.74, 6) is 1.13. The van der Waals surface area contributed by atoms with E-state index in [0.717, 1.165) is 16.9 Å². The van der Waals surface area contributed by atoms with Gasteiger partial charge in [-0.3, -0.25) is 4.79 Å². The molecular weight excluding hydrogens is 232 g/mol. The van der Waals surface area contributed by atoms with Crippen LogP contribution in [-0.4, -0.2) is 5.78 Å². The van der Waals surface area contributed by atoms with Gasteiger partial charge in [0, 0.05) is 21.8 Å². The SMILES string of the molecule is O=C1c2ccsc2CSc2sccc21. The van der Waals surface area contributed by atoms with Crippen LogP contribution < -0.4 is 0 Å². The third-order valence-corrected chi connectivity index (χ3v) is 5.57. The lowest BCUT2D eigenvalue weighted by Crippen LogP contribution is -1.98. The Bertz CT molecular complexity index is 451. The summed E-state index contributed by atoms with van der Waals surface area (Å²) in [5, 5.41) is 3.99. The summed E-state index contributed by atoms with van der Waals surface area (Å²) in [6.07, 6.45) is 0. The maximum absolute atomic E-state index is 12.1. The van der Waals surface area contributed by atoms with Crippen molar-refractivity contribution in [2.45, 2.75) is 9.96 Å². The van der Waals surface area contributed by atoms with Crippen LogP contribution in [0.15, 0.2) is 27.1 Å². The summed E-state index contributed by atoms with van der Waals surface area (Å²) in [6.45, 7) is 0. The van der Waals surface area contributed by atoms with E-state index in [0.29, 0.717) is 0 Å². The van der Waals surface area contributed by atoms with Crippen LogP contribution in [0.2, 0.25) is 0 Å². The zero-order valence-corrected chi connectivity index (χ0v) is 9.60. The smallest absolute Gasteiger partial charge is 0.196 e. The zero-order valence-electron chi connectivity index (χ0n) is 7.15. The predicted molar refractivity (Wildman–Crippen MR) is 61.6 cm³/mol. The Labute approximate surface area is 93.8 Å². The van der Waals surface area contributed by atoms with Crippen LogP contribution in [0.25, 0.3) is 0 Å². The van der Waals surface area contributed by atoms with Crippen molar-refractivity contribution in [3.8, 4) is 0 Å². The zero-order chi connectivity index (χ0) is 9.54. The van der Waals surface area contributed by atoms with Gasteiger partial charge in [0.1, 0.15) is 0 Å². The minimum Gasteiger partial charge on any atom is -0.288 e. The first kappa shape index (κ1) is 8.71. The van der Waals surface area contributed by atoms with Gasteiger partial charge in [-0.15, -0.1) is 34.4 Å². The second kappa shape index (κ2) is 3.22. The van der Waals surface area contributed by atoms with E-state index in [1.54, 1.807) is 34.4 Å². The molecule has 0 N–H and O–H groups in total. The van der Waals surface area contributed by atoms with Crippen molar-refractivity contribution in [2.75, 3.05) is 0 Å². The lowest BCUT2D eigenvalue weighted by Gasteiger charge is -1.94. The van der Waals surface area contributed by atoms with E-state index >= 15 is 0 Å². The second-order valence-corrected chi connectivity index (χ2v) is 6.16. The van der Waals surface area contributed by atoms with Crippen LogP contribution in [0.3, 0.4) is 0 Å². The number of ketones is 1. The van der Waals surface area contributed by atoms with Crippen LogP contribution in [0.1, 0.15) is 20.8 Å². The maximum Gasteiger partial charge on any atom is 0.196 e. The van der Waals surface area contributed by atoms with Crippen LogP contribution in [0.4, 0.5) is 0 Å². The molecule has 3 heterocycles. The van der Waals surface area contributed by atoms with E-state index in [2.05, 4.69) is 0 Å². The van der Waals surface area contributed by atoms with E-state index in [1.807, 2.05) is 22.9 Å². The van der Waals surface area contributed by atoms with Crippen LogP contribution in [0, 0.1) is 0 Å². The molecule has 1 aliphatic heterocycles. The van der Waals surface area contributed by atoms with E-state index in [1.165, 1.54) is 9.09 Å². The molecule has 0 amide bonds. The first-order chi connectivity index (χ1) is 6.86. The fraction of sp³-hybridized carbons (Fsp3) is 0.100. The number of carbonyl (C=O) groups excluding carboxylic acids is 1. The maximum atomic E-state index is 12.1. The number of thiophene rings is 2. The highest BCUT2D eigenvalue weighted by molar-refractivity contribution is 8.00. The fourth-order valence-corrected chi connectivity index (χ4v) is 4.58. The molecular formula is C10H6OS3. The molecule has 3 rings (SSSR count). The average Bonchev–Trinajstić information content (AvgIpc) is 2.81. The van der Waals surface area contributed by atoms with Gasteiger partial charge < -0.3 is 0 Å². The fourth-order valence-electron chi connectivity index (χ4n) is 1.51. The quantitative estimate of drug-likeness (QED) is 0.697. The summed E-state index contributed by atoms with van der Waals surface area (Å²) in [6, 6.07) is 3.87. The summed E-state index contributed by atoms with van der Waals surface area (Å²) < 4.78 is 1.17. The Morgan fingerprint density at radius 3 is 2.79 bits per heavy atom. The van der Waals surface area contributed by atoms with E-state index in [9.17, 15) is 4.79 Å². The number of rotatable bonds is 0. The largest absolute Gasteiger partial charge is 0.288 e. The molecule has 0 saturated heterocycles. The number of hydrogen-bond acceptors (Lipinski definition) is 4. The topological polar surface area (TPSA) is 17.1 Å². The number of hydrogen-bond donors (Lipinski definition) is 0. The van der Waals surface area contributed by atoms with Gasteiger partial charge in [-0.25, -0.2) is 0 Å². The lowest BCUT2D eigenvalue weighted by atomic mass is 10.1. The van der Waals surface area contributed by atoms with Gasteiger partial charge in [0.05, 0.1) is 4.21 Å². The summed E-state index contributed by atoms with van der Waals surface area (Å²) >= 11 is 5.12. The van der Waals surface area contributed by atoms with E-state index in [4.69, 9.17) is 0 Å². The Hall–Kier alpha value is -0.580. The monoisotopic (exact) mass is 238 g/mol. The minimum atomic E-state index is 0.197. The lowest BCUT2D eigenvalue weighted by molar-refractivity contribution is 0.103. The molecule has 4 heteroatoms. The van der Waals surface area contributed by atoms with Crippen molar-refractivity contribution < 1.29 is 4.79 Å². The Morgan fingerprint density at radius 2 is 1.86 bits per heavy atom. The molecule has 0 fully saturated rings. The summed E-state index contributed by atoms with van der Waals surface area (Å²) in [4.78, 5) is 13.3. The van der Waals surface area contributed by atoms with Gasteiger partial charge in [0.25, 0.3) is 0 Å². The summed E-state index contributed by atoms with van der Waals surface area (Å²) in [5.41, 5.74) is 1.79. The van der Waals surface area contributed by atoms with Crippen LogP contribution in [0.5, 0.6) is 0 Å². The molecule has 70 valence electrons. The van der Waals surface area contributed by atoms with Gasteiger partial charge in [0.2, 0.25) is 0 Å². The highest BCUT2D eigenvalue weighted by atomic mass is 32.2. The van der Waals surface area contributed by atoms with E-state index in [-0.39, 0.29) is 5.78 Å². The van der Waals surface area contributed by atoms with Gasteiger partial charge in [-0.05, 0) is 22.9 Å². The van der Waals surface area contributed by atoms with Crippen molar-refractivity contribution >= 4 is 40.2 Å². The molecule has 2 aromatic heterocycles. The van der Waals surface area contributed by atoms with Crippen LogP contribution >= 0.6 is 34.4 Å².